The maximum Gasteiger partial charge on any atom is 0.241 e. The summed E-state index contributed by atoms with van der Waals surface area (Å²) >= 11 is 4.63. The number of aromatic nitrogens is 3. The zero-order valence-electron chi connectivity index (χ0n) is 8.77. The standard InChI is InChI=1S/C10H7BrN4OS/c1-4-9(17-15-14-4)10-13-7-3-5(11)2-6(12)8(7)16-10/h2-3H,12H2,1H3. The molecular formula is C10H7BrN4OS. The molecule has 1 aromatic carbocycles. The smallest absolute Gasteiger partial charge is 0.241 e. The maximum atomic E-state index is 5.87. The molecule has 0 atom stereocenters. The molecule has 3 aromatic rings. The van der Waals surface area contributed by atoms with Crippen molar-refractivity contribution in [3.63, 3.8) is 0 Å². The molecule has 0 fully saturated rings. The van der Waals surface area contributed by atoms with Gasteiger partial charge in [-0.15, -0.1) is 5.10 Å². The molecule has 0 spiro atoms. The Morgan fingerprint density at radius 1 is 1.41 bits per heavy atom. The number of aryl methyl sites for hydroxylation is 1. The number of nitrogens with zero attached hydrogens (tertiary/aromatic N) is 3. The lowest BCUT2D eigenvalue weighted by Crippen LogP contribution is -1.84. The van der Waals surface area contributed by atoms with E-state index in [0.717, 1.165) is 20.6 Å². The predicted octanol–water partition coefficient (Wildman–Crippen LogP) is 3.00. The predicted molar refractivity (Wildman–Crippen MR) is 69.8 cm³/mol. The van der Waals surface area contributed by atoms with Crippen LogP contribution in [-0.2, 0) is 0 Å². The van der Waals surface area contributed by atoms with E-state index in [-0.39, 0.29) is 0 Å². The van der Waals surface area contributed by atoms with Gasteiger partial charge in [-0.2, -0.15) is 0 Å². The molecule has 3 rings (SSSR count). The monoisotopic (exact) mass is 310 g/mol. The van der Waals surface area contributed by atoms with Crippen molar-refractivity contribution in [2.75, 3.05) is 5.73 Å². The third-order valence-corrected chi connectivity index (χ3v) is 3.60. The van der Waals surface area contributed by atoms with Gasteiger partial charge in [-0.25, -0.2) is 4.98 Å². The Bertz CT molecular complexity index is 705. The number of nitrogens with two attached hydrogens (primary N) is 1. The molecule has 86 valence electrons. The molecule has 2 N–H and O–H groups in total. The summed E-state index contributed by atoms with van der Waals surface area (Å²) in [5, 5.41) is 3.93. The Hall–Kier alpha value is -1.47. The van der Waals surface area contributed by atoms with E-state index in [9.17, 15) is 0 Å². The van der Waals surface area contributed by atoms with Gasteiger partial charge in [-0.1, -0.05) is 20.4 Å². The van der Waals surface area contributed by atoms with Gasteiger partial charge in [0, 0.05) is 4.47 Å². The largest absolute Gasteiger partial charge is 0.433 e. The summed E-state index contributed by atoms with van der Waals surface area (Å²) in [6.07, 6.45) is 0. The average Bonchev–Trinajstić information content (AvgIpc) is 2.83. The highest BCUT2D eigenvalue weighted by Gasteiger charge is 2.15. The minimum absolute atomic E-state index is 0.511. The molecule has 17 heavy (non-hydrogen) atoms. The minimum Gasteiger partial charge on any atom is -0.433 e. The Balaban J connectivity index is 2.27. The number of nitrogen functional groups attached to an aromatic ring is 1. The Morgan fingerprint density at radius 3 is 2.94 bits per heavy atom. The zero-order valence-corrected chi connectivity index (χ0v) is 11.2. The van der Waals surface area contributed by atoms with E-state index in [1.807, 2.05) is 13.0 Å². The van der Waals surface area contributed by atoms with Gasteiger partial charge in [0.2, 0.25) is 5.89 Å². The summed E-state index contributed by atoms with van der Waals surface area (Å²) in [6.45, 7) is 1.87. The zero-order chi connectivity index (χ0) is 12.0. The van der Waals surface area contributed by atoms with Crippen LogP contribution < -0.4 is 5.73 Å². The van der Waals surface area contributed by atoms with E-state index >= 15 is 0 Å². The summed E-state index contributed by atoms with van der Waals surface area (Å²) in [6, 6.07) is 3.65. The molecule has 2 aromatic heterocycles. The third-order valence-electron chi connectivity index (χ3n) is 2.33. The van der Waals surface area contributed by atoms with E-state index in [1.54, 1.807) is 6.07 Å². The van der Waals surface area contributed by atoms with Gasteiger partial charge in [0.05, 0.1) is 11.4 Å². The van der Waals surface area contributed by atoms with Crippen molar-refractivity contribution >= 4 is 44.2 Å². The first kappa shape index (κ1) is 10.7. The number of oxazole rings is 1. The molecular weight excluding hydrogens is 304 g/mol. The number of anilines is 1. The highest BCUT2D eigenvalue weighted by Crippen LogP contribution is 2.32. The van der Waals surface area contributed by atoms with Gasteiger partial charge in [-0.3, -0.25) is 0 Å². The fourth-order valence-corrected chi connectivity index (χ4v) is 2.59. The van der Waals surface area contributed by atoms with Crippen LogP contribution in [0.1, 0.15) is 5.69 Å². The average molecular weight is 311 g/mol. The van der Waals surface area contributed by atoms with Crippen LogP contribution in [0, 0.1) is 6.92 Å². The normalized spacial score (nSPS) is 11.2. The van der Waals surface area contributed by atoms with Crippen molar-refractivity contribution < 1.29 is 4.42 Å². The summed E-state index contributed by atoms with van der Waals surface area (Å²) in [5.41, 5.74) is 8.55. The number of hydrogen-bond acceptors (Lipinski definition) is 6. The molecule has 0 aliphatic carbocycles. The van der Waals surface area contributed by atoms with Crippen LogP contribution in [0.2, 0.25) is 0 Å². The SMILES string of the molecule is Cc1nnsc1-c1nc2cc(Br)cc(N)c2o1. The Kier molecular flexibility index (Phi) is 2.37. The van der Waals surface area contributed by atoms with Gasteiger partial charge in [0.1, 0.15) is 10.4 Å². The van der Waals surface area contributed by atoms with Gasteiger partial charge in [-0.05, 0) is 30.6 Å². The van der Waals surface area contributed by atoms with Crippen molar-refractivity contribution in [1.29, 1.82) is 0 Å². The molecule has 0 saturated carbocycles. The van der Waals surface area contributed by atoms with Crippen LogP contribution in [0.3, 0.4) is 0 Å². The topological polar surface area (TPSA) is 77.8 Å². The van der Waals surface area contributed by atoms with Gasteiger partial charge >= 0.3 is 0 Å². The molecule has 2 heterocycles. The second kappa shape index (κ2) is 3.78. The van der Waals surface area contributed by atoms with Crippen LogP contribution in [0.4, 0.5) is 5.69 Å². The minimum atomic E-state index is 0.511. The first-order valence-electron chi connectivity index (χ1n) is 4.80. The lowest BCUT2D eigenvalue weighted by atomic mass is 10.3. The molecule has 0 aliphatic heterocycles. The van der Waals surface area contributed by atoms with Crippen LogP contribution in [0.15, 0.2) is 21.0 Å². The van der Waals surface area contributed by atoms with Crippen molar-refractivity contribution in [2.45, 2.75) is 6.92 Å². The second-order valence-corrected chi connectivity index (χ2v) is 5.22. The number of halogens is 1. The van der Waals surface area contributed by atoms with Gasteiger partial charge < -0.3 is 10.2 Å². The van der Waals surface area contributed by atoms with Crippen molar-refractivity contribution in [3.05, 3.63) is 22.3 Å². The number of rotatable bonds is 1. The Labute approximate surface area is 109 Å². The van der Waals surface area contributed by atoms with Crippen LogP contribution >= 0.6 is 27.5 Å². The van der Waals surface area contributed by atoms with Crippen molar-refractivity contribution in [2.24, 2.45) is 0 Å². The highest BCUT2D eigenvalue weighted by atomic mass is 79.9. The maximum absolute atomic E-state index is 5.87. The van der Waals surface area contributed by atoms with E-state index in [1.165, 1.54) is 11.5 Å². The fourth-order valence-electron chi connectivity index (χ4n) is 1.55. The first-order chi connectivity index (χ1) is 8.15. The number of benzene rings is 1. The van der Waals surface area contributed by atoms with Crippen molar-refractivity contribution in [3.8, 4) is 10.8 Å². The quantitative estimate of drug-likeness (QED) is 0.699. The lowest BCUT2D eigenvalue weighted by molar-refractivity contribution is 0.622. The van der Waals surface area contributed by atoms with Crippen LogP contribution in [-0.4, -0.2) is 14.6 Å². The van der Waals surface area contributed by atoms with Crippen LogP contribution in [0.25, 0.3) is 21.9 Å². The number of fused-ring (bicyclic) bond motifs is 1. The van der Waals surface area contributed by atoms with E-state index in [2.05, 4.69) is 30.5 Å². The first-order valence-corrected chi connectivity index (χ1v) is 6.36. The fraction of sp³-hybridized carbons (Fsp3) is 0.100. The molecule has 0 saturated heterocycles. The molecule has 0 radical (unpaired) electrons. The van der Waals surface area contributed by atoms with Crippen LogP contribution in [0.5, 0.6) is 0 Å². The second-order valence-electron chi connectivity index (χ2n) is 3.55. The Morgan fingerprint density at radius 2 is 2.24 bits per heavy atom. The van der Waals surface area contributed by atoms with Gasteiger partial charge in [0.15, 0.2) is 5.58 Å². The summed E-state index contributed by atoms with van der Waals surface area (Å²) in [4.78, 5) is 5.22. The molecule has 0 aliphatic rings. The summed E-state index contributed by atoms with van der Waals surface area (Å²) in [5.74, 6) is 0.511. The van der Waals surface area contributed by atoms with E-state index < -0.39 is 0 Å². The van der Waals surface area contributed by atoms with E-state index in [0.29, 0.717) is 17.2 Å². The molecule has 0 unspecified atom stereocenters. The molecule has 0 amide bonds. The van der Waals surface area contributed by atoms with Crippen molar-refractivity contribution in [1.82, 2.24) is 14.6 Å². The number of hydrogen-bond donors (Lipinski definition) is 1. The summed E-state index contributed by atoms with van der Waals surface area (Å²) < 4.78 is 10.4. The van der Waals surface area contributed by atoms with Gasteiger partial charge in [0.25, 0.3) is 0 Å². The molecule has 0 bridgehead atoms. The van der Waals surface area contributed by atoms with E-state index in [4.69, 9.17) is 10.2 Å². The lowest BCUT2D eigenvalue weighted by Gasteiger charge is -1.93. The molecule has 7 heteroatoms. The summed E-state index contributed by atoms with van der Waals surface area (Å²) in [7, 11) is 0. The molecule has 5 nitrogen and oxygen atoms in total. The highest BCUT2D eigenvalue weighted by molar-refractivity contribution is 9.10. The third kappa shape index (κ3) is 1.71.